The van der Waals surface area contributed by atoms with E-state index in [1.54, 1.807) is 25.1 Å². The molecule has 0 atom stereocenters. The minimum absolute atomic E-state index is 0.0361. The lowest BCUT2D eigenvalue weighted by Gasteiger charge is -2.32. The number of hydrogen-bond donors (Lipinski definition) is 3. The molecule has 0 bridgehead atoms. The highest BCUT2D eigenvalue weighted by Crippen LogP contribution is 2.24. The zero-order chi connectivity index (χ0) is 29.9. The molecule has 3 rings (SSSR count). The van der Waals surface area contributed by atoms with E-state index >= 15 is 0 Å². The lowest BCUT2D eigenvalue weighted by Crippen LogP contribution is -2.40. The average molecular weight is 588 g/mol. The predicted molar refractivity (Wildman–Crippen MR) is 157 cm³/mol. The van der Waals surface area contributed by atoms with Gasteiger partial charge < -0.3 is 25.6 Å². The third kappa shape index (κ3) is 10.5. The van der Waals surface area contributed by atoms with Crippen LogP contribution in [0.3, 0.4) is 0 Å². The maximum absolute atomic E-state index is 13.9. The maximum Gasteiger partial charge on any atom is 0.309 e. The van der Waals surface area contributed by atoms with Crippen molar-refractivity contribution in [3.05, 3.63) is 63.9 Å². The van der Waals surface area contributed by atoms with Gasteiger partial charge >= 0.3 is 11.8 Å². The van der Waals surface area contributed by atoms with Crippen LogP contribution in [0.25, 0.3) is 0 Å². The minimum Gasteiger partial charge on any atom is -0.348 e. The van der Waals surface area contributed by atoms with Gasteiger partial charge in [0.2, 0.25) is 0 Å². The van der Waals surface area contributed by atoms with Crippen molar-refractivity contribution in [3.63, 3.8) is 0 Å². The second-order valence-corrected chi connectivity index (χ2v) is 11.2. The van der Waals surface area contributed by atoms with Crippen LogP contribution in [0.5, 0.6) is 0 Å². The molecule has 3 N–H and O–H groups in total. The van der Waals surface area contributed by atoms with Crippen LogP contribution in [-0.4, -0.2) is 73.6 Å². The molecule has 0 spiro atoms. The number of nitrogens with zero attached hydrogens (tertiary/aromatic N) is 2. The zero-order valence-electron chi connectivity index (χ0n) is 23.9. The number of likely N-dealkylation sites (tertiary alicyclic amines) is 1. The third-order valence-corrected chi connectivity index (χ3v) is 7.34. The molecule has 0 saturated carbocycles. The second-order valence-electron chi connectivity index (χ2n) is 10.8. The van der Waals surface area contributed by atoms with Gasteiger partial charge in [0, 0.05) is 37.3 Å². The fourth-order valence-corrected chi connectivity index (χ4v) is 4.91. The maximum atomic E-state index is 13.9. The molecule has 0 unspecified atom stereocenters. The quantitative estimate of drug-likeness (QED) is 0.258. The molecular formula is C30H39ClFN5O4. The van der Waals surface area contributed by atoms with Crippen LogP contribution in [0.2, 0.25) is 5.02 Å². The summed E-state index contributed by atoms with van der Waals surface area (Å²) in [5, 5.41) is 7.96. The van der Waals surface area contributed by atoms with E-state index in [2.05, 4.69) is 20.9 Å². The number of anilines is 1. The Bertz CT molecular complexity index is 1250. The van der Waals surface area contributed by atoms with Gasteiger partial charge in [0.1, 0.15) is 11.6 Å². The molecule has 2 aromatic rings. The number of benzene rings is 2. The van der Waals surface area contributed by atoms with Crippen LogP contribution in [-0.2, 0) is 27.5 Å². The summed E-state index contributed by atoms with van der Waals surface area (Å²) in [5.74, 6) is -1.90. The average Bonchev–Trinajstić information content (AvgIpc) is 2.92. The van der Waals surface area contributed by atoms with Gasteiger partial charge in [-0.3, -0.25) is 19.3 Å². The topological polar surface area (TPSA) is 111 Å². The zero-order valence-corrected chi connectivity index (χ0v) is 24.7. The molecular weight excluding hydrogens is 549 g/mol. The molecule has 0 aliphatic carbocycles. The van der Waals surface area contributed by atoms with Gasteiger partial charge in [-0.05, 0) is 107 Å². The summed E-state index contributed by atoms with van der Waals surface area (Å²) in [5.41, 5.74) is 2.25. The van der Waals surface area contributed by atoms with Crippen LogP contribution < -0.4 is 16.0 Å². The Morgan fingerprint density at radius 1 is 1.00 bits per heavy atom. The van der Waals surface area contributed by atoms with Crippen LogP contribution >= 0.6 is 11.6 Å². The van der Waals surface area contributed by atoms with Crippen LogP contribution in [0, 0.1) is 11.7 Å². The molecule has 0 aromatic heterocycles. The third-order valence-electron chi connectivity index (χ3n) is 7.04. The van der Waals surface area contributed by atoms with Crippen molar-refractivity contribution in [2.24, 2.45) is 5.92 Å². The Labute approximate surface area is 245 Å². The summed E-state index contributed by atoms with van der Waals surface area (Å²) in [7, 11) is 3.87. The summed E-state index contributed by atoms with van der Waals surface area (Å²) < 4.78 is 13.9. The fraction of sp³-hybridized carbons (Fsp3) is 0.467. The molecule has 9 nitrogen and oxygen atoms in total. The Kier molecular flexibility index (Phi) is 12.2. The van der Waals surface area contributed by atoms with Crippen LogP contribution in [0.15, 0.2) is 36.4 Å². The molecule has 1 aliphatic heterocycles. The van der Waals surface area contributed by atoms with E-state index < -0.39 is 23.5 Å². The molecule has 3 amide bonds. The van der Waals surface area contributed by atoms with Gasteiger partial charge in [-0.1, -0.05) is 17.7 Å². The van der Waals surface area contributed by atoms with Crippen molar-refractivity contribution in [1.82, 2.24) is 20.4 Å². The molecule has 1 aliphatic rings. The summed E-state index contributed by atoms with van der Waals surface area (Å²) in [6, 6.07) is 9.19. The van der Waals surface area contributed by atoms with E-state index in [0.29, 0.717) is 31.0 Å². The SMILES string of the molecule is CC(=O)CC1CCN(Cc2cc(C(=O)Nc3ccc(Cl)c(F)c3)ccc2CNC(=O)C(=O)NCCCN(C)C)CC1. The molecule has 1 fully saturated rings. The number of carbonyl (C=O) groups is 4. The number of ketones is 1. The van der Waals surface area contributed by atoms with Crippen molar-refractivity contribution < 1.29 is 23.6 Å². The van der Waals surface area contributed by atoms with Crippen molar-refractivity contribution >= 4 is 40.8 Å². The molecule has 222 valence electrons. The summed E-state index contributed by atoms with van der Waals surface area (Å²) >= 11 is 5.75. The first-order chi connectivity index (χ1) is 19.5. The van der Waals surface area contributed by atoms with Crippen molar-refractivity contribution in [1.29, 1.82) is 0 Å². The highest BCUT2D eigenvalue weighted by molar-refractivity contribution is 6.35. The molecule has 0 radical (unpaired) electrons. The first-order valence-electron chi connectivity index (χ1n) is 13.8. The Morgan fingerprint density at radius 3 is 2.37 bits per heavy atom. The van der Waals surface area contributed by atoms with Gasteiger partial charge in [0.05, 0.1) is 5.02 Å². The molecule has 1 saturated heterocycles. The van der Waals surface area contributed by atoms with Crippen molar-refractivity contribution in [2.45, 2.75) is 45.7 Å². The number of hydrogen-bond acceptors (Lipinski definition) is 6. The summed E-state index contributed by atoms with van der Waals surface area (Å²) in [4.78, 5) is 53.4. The first-order valence-corrected chi connectivity index (χ1v) is 14.2. The Hall–Kier alpha value is -3.34. The first kappa shape index (κ1) is 32.2. The summed E-state index contributed by atoms with van der Waals surface area (Å²) in [6.45, 7) is 5.07. The van der Waals surface area contributed by atoms with E-state index in [4.69, 9.17) is 11.6 Å². The van der Waals surface area contributed by atoms with Gasteiger partial charge in [0.15, 0.2) is 0 Å². The standard InChI is InChI=1S/C30H39ClFN5O4/c1-20(38)15-21-9-13-37(14-10-21)19-24-16-22(28(39)35-25-7-8-26(31)27(32)17-25)5-6-23(24)18-34-30(41)29(40)33-11-4-12-36(2)3/h5-8,16-17,21H,4,9-15,18-19H2,1-3H3,(H,33,40)(H,34,41)(H,35,39). The van der Waals surface area contributed by atoms with Crippen LogP contribution in [0.1, 0.15) is 54.1 Å². The number of halogens is 2. The van der Waals surface area contributed by atoms with Gasteiger partial charge in [-0.2, -0.15) is 0 Å². The van der Waals surface area contributed by atoms with Gasteiger partial charge in [-0.15, -0.1) is 0 Å². The predicted octanol–water partition coefficient (Wildman–Crippen LogP) is 3.61. The normalized spacial score (nSPS) is 14.1. The number of rotatable bonds is 12. The molecule has 2 aromatic carbocycles. The number of carbonyl (C=O) groups excluding carboxylic acids is 4. The van der Waals surface area contributed by atoms with E-state index in [-0.39, 0.29) is 23.0 Å². The van der Waals surface area contributed by atoms with E-state index in [9.17, 15) is 23.6 Å². The smallest absolute Gasteiger partial charge is 0.309 e. The number of nitrogens with one attached hydrogen (secondary N) is 3. The summed E-state index contributed by atoms with van der Waals surface area (Å²) in [6.07, 6.45) is 3.12. The fourth-order valence-electron chi connectivity index (χ4n) is 4.79. The molecule has 11 heteroatoms. The van der Waals surface area contributed by atoms with Gasteiger partial charge in [0.25, 0.3) is 5.91 Å². The highest BCUT2D eigenvalue weighted by atomic mass is 35.5. The van der Waals surface area contributed by atoms with Gasteiger partial charge in [-0.25, -0.2) is 4.39 Å². The molecule has 1 heterocycles. The number of amides is 3. The lowest BCUT2D eigenvalue weighted by molar-refractivity contribution is -0.139. The highest BCUT2D eigenvalue weighted by Gasteiger charge is 2.22. The second kappa shape index (κ2) is 15.6. The van der Waals surface area contributed by atoms with E-state index in [0.717, 1.165) is 56.1 Å². The monoisotopic (exact) mass is 587 g/mol. The largest absolute Gasteiger partial charge is 0.348 e. The van der Waals surface area contributed by atoms with Crippen LogP contribution in [0.4, 0.5) is 10.1 Å². The van der Waals surface area contributed by atoms with Crippen molar-refractivity contribution in [2.75, 3.05) is 45.6 Å². The van der Waals surface area contributed by atoms with E-state index in [1.807, 2.05) is 19.0 Å². The van der Waals surface area contributed by atoms with Crippen molar-refractivity contribution in [3.8, 4) is 0 Å². The van der Waals surface area contributed by atoms with E-state index in [1.165, 1.54) is 12.1 Å². The minimum atomic E-state index is -0.725. The lowest BCUT2D eigenvalue weighted by atomic mass is 9.91. The molecule has 41 heavy (non-hydrogen) atoms. The number of Topliss-reactive ketones (excluding diaryl/α,β-unsaturated/α-hetero) is 1. The number of piperidine rings is 1. The Morgan fingerprint density at radius 2 is 1.71 bits per heavy atom. The Balaban J connectivity index is 1.70.